The minimum Gasteiger partial charge on any atom is -0.409 e. The van der Waals surface area contributed by atoms with E-state index in [1.807, 2.05) is 11.8 Å². The number of rotatable bonds is 6. The van der Waals surface area contributed by atoms with Crippen molar-refractivity contribution in [3.63, 3.8) is 0 Å². The van der Waals surface area contributed by atoms with Gasteiger partial charge in [-0.1, -0.05) is 35.5 Å². The minimum absolute atomic E-state index is 0.315. The predicted octanol–water partition coefficient (Wildman–Crippen LogP) is 3.85. The van der Waals surface area contributed by atoms with Crippen molar-refractivity contribution >= 4 is 28.4 Å². The Hall–Kier alpha value is -1.68. The normalized spacial score (nSPS) is 11.9. The van der Waals surface area contributed by atoms with Gasteiger partial charge in [0.15, 0.2) is 0 Å². The van der Waals surface area contributed by atoms with Gasteiger partial charge in [0.1, 0.15) is 5.84 Å². The largest absolute Gasteiger partial charge is 0.409 e. The van der Waals surface area contributed by atoms with E-state index >= 15 is 0 Å². The van der Waals surface area contributed by atoms with Gasteiger partial charge in [0.05, 0.1) is 0 Å². The molecule has 0 aromatic heterocycles. The van der Waals surface area contributed by atoms with Gasteiger partial charge in [-0.05, 0) is 41.5 Å². The molecule has 0 fully saturated rings. The lowest BCUT2D eigenvalue weighted by atomic mass is 10.1. The Balaban J connectivity index is 1.81. The Morgan fingerprint density at radius 2 is 1.89 bits per heavy atom. The van der Waals surface area contributed by atoms with Crippen LogP contribution in [0.3, 0.4) is 0 Å². The van der Waals surface area contributed by atoms with Crippen molar-refractivity contribution in [2.45, 2.75) is 24.2 Å². The highest BCUT2D eigenvalue weighted by Crippen LogP contribution is 2.24. The van der Waals surface area contributed by atoms with Gasteiger partial charge >= 0.3 is 0 Å². The first-order chi connectivity index (χ1) is 9.29. The molecule has 0 radical (unpaired) electrons. The summed E-state index contributed by atoms with van der Waals surface area (Å²) in [5, 5.41) is 14.0. The Labute approximate surface area is 117 Å². The molecule has 0 saturated carbocycles. The van der Waals surface area contributed by atoms with E-state index in [1.54, 1.807) is 0 Å². The van der Waals surface area contributed by atoms with Crippen molar-refractivity contribution < 1.29 is 5.21 Å². The zero-order chi connectivity index (χ0) is 13.5. The summed E-state index contributed by atoms with van der Waals surface area (Å²) < 4.78 is 0. The van der Waals surface area contributed by atoms with Crippen molar-refractivity contribution in [1.82, 2.24) is 0 Å². The SMILES string of the molecule is NC(CCCCSc1ccc2ccccc2c1)=NO. The second-order valence-corrected chi connectivity index (χ2v) is 5.57. The van der Waals surface area contributed by atoms with Crippen LogP contribution in [0.1, 0.15) is 19.3 Å². The lowest BCUT2D eigenvalue weighted by Gasteiger charge is -2.04. The van der Waals surface area contributed by atoms with Gasteiger partial charge in [0, 0.05) is 11.3 Å². The van der Waals surface area contributed by atoms with Crippen LogP contribution >= 0.6 is 11.8 Å². The number of fused-ring (bicyclic) bond motifs is 1. The summed E-state index contributed by atoms with van der Waals surface area (Å²) in [6.07, 6.45) is 2.68. The molecule has 3 N–H and O–H groups in total. The molecule has 0 amide bonds. The molecule has 100 valence electrons. The monoisotopic (exact) mass is 274 g/mol. The fraction of sp³-hybridized carbons (Fsp3) is 0.267. The van der Waals surface area contributed by atoms with E-state index in [1.165, 1.54) is 15.7 Å². The molecular formula is C15H18N2OS. The Morgan fingerprint density at radius 1 is 1.11 bits per heavy atom. The zero-order valence-corrected chi connectivity index (χ0v) is 11.6. The summed E-state index contributed by atoms with van der Waals surface area (Å²) in [5.41, 5.74) is 5.42. The number of oxime groups is 1. The standard InChI is InChI=1S/C15H18N2OS/c16-15(17-18)7-3-4-10-19-14-9-8-12-5-1-2-6-13(12)11-14/h1-2,5-6,8-9,11,18H,3-4,7,10H2,(H2,16,17). The number of hydrogen-bond donors (Lipinski definition) is 2. The fourth-order valence-corrected chi connectivity index (χ4v) is 2.86. The third kappa shape index (κ3) is 4.17. The summed E-state index contributed by atoms with van der Waals surface area (Å²) in [4.78, 5) is 1.29. The molecule has 0 heterocycles. The summed E-state index contributed by atoms with van der Waals surface area (Å²) in [7, 11) is 0. The van der Waals surface area contributed by atoms with Crippen molar-refractivity contribution in [2.75, 3.05) is 5.75 Å². The van der Waals surface area contributed by atoms with Crippen LogP contribution in [0.2, 0.25) is 0 Å². The molecule has 0 unspecified atom stereocenters. The van der Waals surface area contributed by atoms with Gasteiger partial charge < -0.3 is 10.9 Å². The number of nitrogens with zero attached hydrogens (tertiary/aromatic N) is 1. The number of nitrogens with two attached hydrogens (primary N) is 1. The number of thioether (sulfide) groups is 1. The molecule has 0 aliphatic heterocycles. The van der Waals surface area contributed by atoms with Crippen molar-refractivity contribution in [3.05, 3.63) is 42.5 Å². The Kier molecular flexibility index (Phi) is 5.10. The zero-order valence-electron chi connectivity index (χ0n) is 10.7. The molecule has 2 aromatic carbocycles. The van der Waals surface area contributed by atoms with E-state index in [9.17, 15) is 0 Å². The van der Waals surface area contributed by atoms with Crippen LogP contribution in [-0.2, 0) is 0 Å². The molecular weight excluding hydrogens is 256 g/mol. The topological polar surface area (TPSA) is 58.6 Å². The lowest BCUT2D eigenvalue weighted by molar-refractivity contribution is 0.316. The average molecular weight is 274 g/mol. The maximum Gasteiger partial charge on any atom is 0.139 e. The highest BCUT2D eigenvalue weighted by atomic mass is 32.2. The summed E-state index contributed by atoms with van der Waals surface area (Å²) in [6.45, 7) is 0. The molecule has 0 aliphatic carbocycles. The molecule has 19 heavy (non-hydrogen) atoms. The molecule has 2 rings (SSSR count). The molecule has 0 spiro atoms. The molecule has 3 nitrogen and oxygen atoms in total. The van der Waals surface area contributed by atoms with E-state index in [-0.39, 0.29) is 0 Å². The summed E-state index contributed by atoms with van der Waals surface area (Å²) in [5.74, 6) is 1.37. The van der Waals surface area contributed by atoms with Gasteiger partial charge in [0.2, 0.25) is 0 Å². The highest BCUT2D eigenvalue weighted by Gasteiger charge is 1.98. The van der Waals surface area contributed by atoms with Crippen molar-refractivity contribution in [1.29, 1.82) is 0 Å². The third-order valence-corrected chi connectivity index (χ3v) is 4.03. The van der Waals surface area contributed by atoms with Gasteiger partial charge in [-0.3, -0.25) is 0 Å². The van der Waals surface area contributed by atoms with E-state index in [0.717, 1.165) is 18.6 Å². The third-order valence-electron chi connectivity index (χ3n) is 2.95. The molecule has 0 atom stereocenters. The highest BCUT2D eigenvalue weighted by molar-refractivity contribution is 7.99. The van der Waals surface area contributed by atoms with E-state index in [0.29, 0.717) is 12.3 Å². The molecule has 0 saturated heterocycles. The molecule has 2 aromatic rings. The summed E-state index contributed by atoms with van der Waals surface area (Å²) >= 11 is 1.85. The predicted molar refractivity (Wildman–Crippen MR) is 81.9 cm³/mol. The summed E-state index contributed by atoms with van der Waals surface area (Å²) in [6, 6.07) is 14.9. The quantitative estimate of drug-likeness (QED) is 0.210. The van der Waals surface area contributed by atoms with Crippen LogP contribution < -0.4 is 5.73 Å². The van der Waals surface area contributed by atoms with Crippen LogP contribution in [0.4, 0.5) is 0 Å². The van der Waals surface area contributed by atoms with Crippen LogP contribution in [-0.4, -0.2) is 16.8 Å². The average Bonchev–Trinajstić information content (AvgIpc) is 2.46. The van der Waals surface area contributed by atoms with Crippen LogP contribution in [0.15, 0.2) is 52.5 Å². The first kappa shape index (κ1) is 13.7. The Morgan fingerprint density at radius 3 is 2.68 bits per heavy atom. The van der Waals surface area contributed by atoms with E-state index in [2.05, 4.69) is 47.6 Å². The number of hydrogen-bond acceptors (Lipinski definition) is 3. The first-order valence-electron chi connectivity index (χ1n) is 6.37. The maximum absolute atomic E-state index is 8.43. The van der Waals surface area contributed by atoms with E-state index in [4.69, 9.17) is 10.9 Å². The van der Waals surface area contributed by atoms with Gasteiger partial charge in [-0.2, -0.15) is 0 Å². The van der Waals surface area contributed by atoms with Crippen molar-refractivity contribution in [2.24, 2.45) is 10.9 Å². The van der Waals surface area contributed by atoms with Gasteiger partial charge in [0.25, 0.3) is 0 Å². The molecule has 0 aliphatic rings. The van der Waals surface area contributed by atoms with Crippen LogP contribution in [0, 0.1) is 0 Å². The smallest absolute Gasteiger partial charge is 0.139 e. The van der Waals surface area contributed by atoms with Crippen molar-refractivity contribution in [3.8, 4) is 0 Å². The van der Waals surface area contributed by atoms with Gasteiger partial charge in [-0.15, -0.1) is 11.8 Å². The first-order valence-corrected chi connectivity index (χ1v) is 7.36. The molecule has 0 bridgehead atoms. The van der Waals surface area contributed by atoms with Crippen LogP contribution in [0.5, 0.6) is 0 Å². The maximum atomic E-state index is 8.43. The molecule has 4 heteroatoms. The van der Waals surface area contributed by atoms with E-state index < -0.39 is 0 Å². The second-order valence-electron chi connectivity index (χ2n) is 4.41. The lowest BCUT2D eigenvalue weighted by Crippen LogP contribution is -2.10. The number of amidine groups is 1. The fourth-order valence-electron chi connectivity index (χ4n) is 1.91. The van der Waals surface area contributed by atoms with Gasteiger partial charge in [-0.25, -0.2) is 0 Å². The number of benzene rings is 2. The Bertz CT molecular complexity index is 569. The minimum atomic E-state index is 0.315. The number of unbranched alkanes of at least 4 members (excludes halogenated alkanes) is 1. The second kappa shape index (κ2) is 7.04. The van der Waals surface area contributed by atoms with Crippen LogP contribution in [0.25, 0.3) is 10.8 Å².